The van der Waals surface area contributed by atoms with E-state index in [1.165, 1.54) is 0 Å². The van der Waals surface area contributed by atoms with Gasteiger partial charge in [-0.1, -0.05) is 18.2 Å². The number of para-hydroxylation sites is 1. The van der Waals surface area contributed by atoms with E-state index in [1.54, 1.807) is 6.20 Å². The van der Waals surface area contributed by atoms with Crippen LogP contribution in [0.15, 0.2) is 36.5 Å². The van der Waals surface area contributed by atoms with E-state index in [0.717, 1.165) is 21.7 Å². The lowest BCUT2D eigenvalue weighted by molar-refractivity contribution is 0.296. The van der Waals surface area contributed by atoms with Crippen molar-refractivity contribution in [2.75, 3.05) is 11.9 Å². The summed E-state index contributed by atoms with van der Waals surface area (Å²) in [4.78, 5) is 8.68. The normalized spacial score (nSPS) is 10.1. The van der Waals surface area contributed by atoms with Gasteiger partial charge in [-0.15, -0.1) is 0 Å². The molecule has 0 aliphatic heterocycles. The van der Waals surface area contributed by atoms with Gasteiger partial charge in [0.1, 0.15) is 18.2 Å². The van der Waals surface area contributed by atoms with Crippen LogP contribution in [-0.4, -0.2) is 16.5 Å². The van der Waals surface area contributed by atoms with Crippen LogP contribution in [0.5, 0.6) is 5.75 Å². The molecule has 0 spiro atoms. The number of hydrogen-bond donors (Lipinski definition) is 1. The number of aromatic nitrogens is 2. The first-order valence-electron chi connectivity index (χ1n) is 5.72. The first-order valence-corrected chi connectivity index (χ1v) is 6.80. The molecular formula is C13H14IN3O. The van der Waals surface area contributed by atoms with Crippen molar-refractivity contribution in [2.45, 2.75) is 13.5 Å². The highest BCUT2D eigenvalue weighted by molar-refractivity contribution is 14.1. The summed E-state index contributed by atoms with van der Waals surface area (Å²) in [5.41, 5.74) is 0. The Morgan fingerprint density at radius 1 is 1.28 bits per heavy atom. The van der Waals surface area contributed by atoms with Gasteiger partial charge in [0.25, 0.3) is 0 Å². The molecule has 18 heavy (non-hydrogen) atoms. The molecule has 0 fully saturated rings. The minimum Gasteiger partial charge on any atom is -0.486 e. The number of halogens is 1. The largest absolute Gasteiger partial charge is 0.486 e. The van der Waals surface area contributed by atoms with Gasteiger partial charge < -0.3 is 10.1 Å². The Hall–Kier alpha value is -1.37. The molecule has 0 atom stereocenters. The minimum atomic E-state index is 0.374. The molecule has 2 aromatic rings. The van der Waals surface area contributed by atoms with Crippen LogP contribution in [-0.2, 0) is 6.61 Å². The van der Waals surface area contributed by atoms with E-state index in [0.29, 0.717) is 12.4 Å². The van der Waals surface area contributed by atoms with Crippen molar-refractivity contribution in [1.29, 1.82) is 0 Å². The number of benzene rings is 1. The lowest BCUT2D eigenvalue weighted by Crippen LogP contribution is -2.07. The standard InChI is InChI=1S/C13H14IN3O/c1-2-15-13-11(14)8-16-12(17-13)9-18-10-6-4-3-5-7-10/h3-8H,2,9H2,1H3,(H,15,16,17). The highest BCUT2D eigenvalue weighted by atomic mass is 127. The number of nitrogens with zero attached hydrogens (tertiary/aromatic N) is 2. The Balaban J connectivity index is 2.03. The molecule has 1 N–H and O–H groups in total. The van der Waals surface area contributed by atoms with Crippen LogP contribution in [0.1, 0.15) is 12.7 Å². The Labute approximate surface area is 120 Å². The van der Waals surface area contributed by atoms with Crippen LogP contribution in [0.25, 0.3) is 0 Å². The van der Waals surface area contributed by atoms with Crippen LogP contribution in [0.2, 0.25) is 0 Å². The SMILES string of the molecule is CCNc1nc(COc2ccccc2)ncc1I. The fourth-order valence-corrected chi connectivity index (χ4v) is 1.88. The molecule has 4 nitrogen and oxygen atoms in total. The molecule has 0 aliphatic rings. The van der Waals surface area contributed by atoms with Crippen LogP contribution in [0.4, 0.5) is 5.82 Å². The Kier molecular flexibility index (Phi) is 4.74. The predicted octanol–water partition coefficient (Wildman–Crippen LogP) is 3.09. The van der Waals surface area contributed by atoms with E-state index in [4.69, 9.17) is 4.74 Å². The second-order valence-corrected chi connectivity index (χ2v) is 4.78. The third kappa shape index (κ3) is 3.56. The number of rotatable bonds is 5. The summed E-state index contributed by atoms with van der Waals surface area (Å²) in [7, 11) is 0. The van der Waals surface area contributed by atoms with E-state index >= 15 is 0 Å². The van der Waals surface area contributed by atoms with Crippen molar-refractivity contribution in [2.24, 2.45) is 0 Å². The van der Waals surface area contributed by atoms with Crippen molar-refractivity contribution in [3.63, 3.8) is 0 Å². The van der Waals surface area contributed by atoms with Gasteiger partial charge in [0, 0.05) is 12.7 Å². The third-order valence-electron chi connectivity index (χ3n) is 2.25. The molecule has 0 aliphatic carbocycles. The summed E-state index contributed by atoms with van der Waals surface area (Å²) in [6, 6.07) is 9.66. The van der Waals surface area contributed by atoms with E-state index in [-0.39, 0.29) is 0 Å². The first-order chi connectivity index (χ1) is 8.79. The van der Waals surface area contributed by atoms with Gasteiger partial charge in [-0.3, -0.25) is 0 Å². The lowest BCUT2D eigenvalue weighted by Gasteiger charge is -2.08. The van der Waals surface area contributed by atoms with Crippen molar-refractivity contribution in [1.82, 2.24) is 9.97 Å². The topological polar surface area (TPSA) is 47.0 Å². The van der Waals surface area contributed by atoms with E-state index in [1.807, 2.05) is 37.3 Å². The van der Waals surface area contributed by atoms with E-state index < -0.39 is 0 Å². The molecule has 0 amide bonds. The average Bonchev–Trinajstić information content (AvgIpc) is 2.41. The van der Waals surface area contributed by atoms with Crippen molar-refractivity contribution >= 4 is 28.4 Å². The zero-order valence-electron chi connectivity index (χ0n) is 10.1. The molecule has 5 heteroatoms. The number of ether oxygens (including phenoxy) is 1. The second kappa shape index (κ2) is 6.53. The molecule has 0 bridgehead atoms. The summed E-state index contributed by atoms with van der Waals surface area (Å²) in [5.74, 6) is 2.36. The molecule has 1 heterocycles. The summed E-state index contributed by atoms with van der Waals surface area (Å²) >= 11 is 2.21. The van der Waals surface area contributed by atoms with Gasteiger partial charge in [0.15, 0.2) is 5.82 Å². The summed E-state index contributed by atoms with van der Waals surface area (Å²) in [6.45, 7) is 3.25. The van der Waals surface area contributed by atoms with Gasteiger partial charge in [0.2, 0.25) is 0 Å². The molecule has 0 radical (unpaired) electrons. The van der Waals surface area contributed by atoms with Crippen molar-refractivity contribution in [3.8, 4) is 5.75 Å². The number of hydrogen-bond acceptors (Lipinski definition) is 4. The number of nitrogens with one attached hydrogen (secondary N) is 1. The number of anilines is 1. The molecule has 2 rings (SSSR count). The van der Waals surface area contributed by atoms with Crippen LogP contribution in [0.3, 0.4) is 0 Å². The molecular weight excluding hydrogens is 341 g/mol. The fraction of sp³-hybridized carbons (Fsp3) is 0.231. The summed E-state index contributed by atoms with van der Waals surface area (Å²) < 4.78 is 6.62. The average molecular weight is 355 g/mol. The Morgan fingerprint density at radius 3 is 2.78 bits per heavy atom. The molecule has 1 aromatic heterocycles. The maximum atomic E-state index is 5.61. The third-order valence-corrected chi connectivity index (χ3v) is 3.04. The van der Waals surface area contributed by atoms with Crippen molar-refractivity contribution < 1.29 is 4.74 Å². The smallest absolute Gasteiger partial charge is 0.168 e. The molecule has 0 unspecified atom stereocenters. The molecule has 0 saturated heterocycles. The van der Waals surface area contributed by atoms with E-state index in [2.05, 4.69) is 37.9 Å². The molecule has 0 saturated carbocycles. The lowest BCUT2D eigenvalue weighted by atomic mass is 10.3. The molecule has 1 aromatic carbocycles. The zero-order chi connectivity index (χ0) is 12.8. The maximum absolute atomic E-state index is 5.61. The Morgan fingerprint density at radius 2 is 2.06 bits per heavy atom. The van der Waals surface area contributed by atoms with Crippen LogP contribution >= 0.6 is 22.6 Å². The minimum absolute atomic E-state index is 0.374. The van der Waals surface area contributed by atoms with Gasteiger partial charge in [-0.2, -0.15) is 0 Å². The van der Waals surface area contributed by atoms with Gasteiger partial charge in [0.05, 0.1) is 3.57 Å². The second-order valence-electron chi connectivity index (χ2n) is 3.61. The van der Waals surface area contributed by atoms with Gasteiger partial charge in [-0.25, -0.2) is 9.97 Å². The molecule has 94 valence electrons. The fourth-order valence-electron chi connectivity index (χ4n) is 1.43. The van der Waals surface area contributed by atoms with Crippen molar-refractivity contribution in [3.05, 3.63) is 45.9 Å². The predicted molar refractivity (Wildman–Crippen MR) is 79.7 cm³/mol. The Bertz CT molecular complexity index is 505. The van der Waals surface area contributed by atoms with E-state index in [9.17, 15) is 0 Å². The first kappa shape index (κ1) is 13.1. The van der Waals surface area contributed by atoms with Crippen LogP contribution < -0.4 is 10.1 Å². The van der Waals surface area contributed by atoms with Gasteiger partial charge in [-0.05, 0) is 41.6 Å². The van der Waals surface area contributed by atoms with Crippen LogP contribution in [0, 0.1) is 3.57 Å². The zero-order valence-corrected chi connectivity index (χ0v) is 12.2. The summed E-state index contributed by atoms with van der Waals surface area (Å²) in [5, 5.41) is 3.20. The highest BCUT2D eigenvalue weighted by Crippen LogP contribution is 2.15. The quantitative estimate of drug-likeness (QED) is 0.838. The van der Waals surface area contributed by atoms with Gasteiger partial charge >= 0.3 is 0 Å². The highest BCUT2D eigenvalue weighted by Gasteiger charge is 2.04. The maximum Gasteiger partial charge on any atom is 0.168 e. The summed E-state index contributed by atoms with van der Waals surface area (Å²) in [6.07, 6.45) is 1.80. The monoisotopic (exact) mass is 355 g/mol.